The van der Waals surface area contributed by atoms with Gasteiger partial charge in [-0.1, -0.05) is 29.8 Å². The van der Waals surface area contributed by atoms with E-state index in [1.807, 2.05) is 0 Å². The van der Waals surface area contributed by atoms with Crippen LogP contribution in [-0.4, -0.2) is 22.0 Å². The molecule has 0 aliphatic heterocycles. The highest BCUT2D eigenvalue weighted by Gasteiger charge is 2.06. The lowest BCUT2D eigenvalue weighted by Crippen LogP contribution is -2.24. The summed E-state index contributed by atoms with van der Waals surface area (Å²) in [6.07, 6.45) is 1.70. The molecule has 0 aliphatic carbocycles. The van der Waals surface area contributed by atoms with Gasteiger partial charge in [0.15, 0.2) is 0 Å². The summed E-state index contributed by atoms with van der Waals surface area (Å²) in [5, 5.41) is 12.1. The molecule has 0 bridgehead atoms. The molecular formula is C15H13ClN2O3. The largest absolute Gasteiger partial charge is 0.477 e. The molecule has 108 valence electrons. The predicted molar refractivity (Wildman–Crippen MR) is 78.2 cm³/mol. The third kappa shape index (κ3) is 4.57. The summed E-state index contributed by atoms with van der Waals surface area (Å²) in [7, 11) is 0. The molecule has 0 radical (unpaired) electrons. The molecule has 2 aromatic rings. The van der Waals surface area contributed by atoms with Crippen molar-refractivity contribution in [2.24, 2.45) is 0 Å². The van der Waals surface area contributed by atoms with Crippen LogP contribution in [0.15, 0.2) is 42.6 Å². The van der Waals surface area contributed by atoms with E-state index in [0.717, 1.165) is 11.1 Å². The minimum atomic E-state index is -1.08. The number of nitrogens with one attached hydrogen (secondary N) is 1. The zero-order valence-corrected chi connectivity index (χ0v) is 11.8. The Kier molecular flexibility index (Phi) is 4.90. The van der Waals surface area contributed by atoms with Crippen LogP contribution in [0.2, 0.25) is 5.02 Å². The average Bonchev–Trinajstić information content (AvgIpc) is 2.48. The van der Waals surface area contributed by atoms with Crippen molar-refractivity contribution in [3.63, 3.8) is 0 Å². The summed E-state index contributed by atoms with van der Waals surface area (Å²) in [5.74, 6) is -1.20. The van der Waals surface area contributed by atoms with Crippen molar-refractivity contribution in [3.05, 3.63) is 64.4 Å². The van der Waals surface area contributed by atoms with Crippen molar-refractivity contribution in [1.29, 1.82) is 0 Å². The van der Waals surface area contributed by atoms with Crippen LogP contribution in [0.1, 0.15) is 21.6 Å². The molecule has 2 rings (SSSR count). The molecule has 1 amide bonds. The molecule has 0 atom stereocenters. The molecule has 0 aliphatic rings. The first-order valence-corrected chi connectivity index (χ1v) is 6.62. The van der Waals surface area contributed by atoms with Gasteiger partial charge in [0.25, 0.3) is 0 Å². The van der Waals surface area contributed by atoms with E-state index >= 15 is 0 Å². The summed E-state index contributed by atoms with van der Waals surface area (Å²) < 4.78 is 0. The number of carboxylic acid groups (broad SMARTS) is 1. The van der Waals surface area contributed by atoms with E-state index in [2.05, 4.69) is 10.3 Å². The van der Waals surface area contributed by atoms with Crippen LogP contribution in [0, 0.1) is 0 Å². The first-order chi connectivity index (χ1) is 10.0. The van der Waals surface area contributed by atoms with E-state index in [4.69, 9.17) is 16.7 Å². The topological polar surface area (TPSA) is 79.3 Å². The molecule has 6 heteroatoms. The number of carbonyl (C=O) groups excluding carboxylic acids is 1. The quantitative estimate of drug-likeness (QED) is 0.888. The normalized spacial score (nSPS) is 10.1. The number of aromatic carboxylic acids is 1. The maximum Gasteiger partial charge on any atom is 0.354 e. The third-order valence-corrected chi connectivity index (χ3v) is 3.06. The fraction of sp³-hybridized carbons (Fsp3) is 0.133. The van der Waals surface area contributed by atoms with Crippen LogP contribution in [0.25, 0.3) is 0 Å². The predicted octanol–water partition coefficient (Wildman–Crippen LogP) is 2.29. The van der Waals surface area contributed by atoms with Crippen LogP contribution < -0.4 is 5.32 Å². The Labute approximate surface area is 126 Å². The zero-order chi connectivity index (χ0) is 15.2. The van der Waals surface area contributed by atoms with Gasteiger partial charge in [-0.15, -0.1) is 0 Å². The van der Waals surface area contributed by atoms with Crippen LogP contribution in [0.4, 0.5) is 0 Å². The molecule has 1 heterocycles. The first kappa shape index (κ1) is 15.0. The third-order valence-electron chi connectivity index (χ3n) is 2.81. The monoisotopic (exact) mass is 304 g/mol. The van der Waals surface area contributed by atoms with Gasteiger partial charge in [0.1, 0.15) is 5.69 Å². The molecule has 0 saturated carbocycles. The highest BCUT2D eigenvalue weighted by Crippen LogP contribution is 2.10. The number of nitrogens with zero attached hydrogens (tertiary/aromatic N) is 1. The van der Waals surface area contributed by atoms with Crippen molar-refractivity contribution in [2.75, 3.05) is 0 Å². The fourth-order valence-electron chi connectivity index (χ4n) is 1.71. The number of hydrogen-bond acceptors (Lipinski definition) is 3. The smallest absolute Gasteiger partial charge is 0.354 e. The highest BCUT2D eigenvalue weighted by molar-refractivity contribution is 6.30. The molecule has 0 unspecified atom stereocenters. The number of pyridine rings is 1. The van der Waals surface area contributed by atoms with Crippen LogP contribution >= 0.6 is 11.6 Å². The number of carbonyl (C=O) groups is 2. The first-order valence-electron chi connectivity index (χ1n) is 6.24. The number of rotatable bonds is 5. The number of benzene rings is 1. The second-order valence-electron chi connectivity index (χ2n) is 4.44. The van der Waals surface area contributed by atoms with E-state index in [1.54, 1.807) is 30.3 Å². The van der Waals surface area contributed by atoms with Gasteiger partial charge >= 0.3 is 5.97 Å². The number of hydrogen-bond donors (Lipinski definition) is 2. The summed E-state index contributed by atoms with van der Waals surface area (Å²) in [5.41, 5.74) is 1.59. The Morgan fingerprint density at radius 1 is 1.10 bits per heavy atom. The Morgan fingerprint density at radius 3 is 2.33 bits per heavy atom. The van der Waals surface area contributed by atoms with E-state index < -0.39 is 5.97 Å². The average molecular weight is 305 g/mol. The van der Waals surface area contributed by atoms with Gasteiger partial charge in [-0.05, 0) is 29.3 Å². The van der Waals surface area contributed by atoms with Gasteiger partial charge in [0.2, 0.25) is 5.91 Å². The molecule has 0 fully saturated rings. The van der Waals surface area contributed by atoms with Gasteiger partial charge < -0.3 is 10.4 Å². The van der Waals surface area contributed by atoms with Crippen molar-refractivity contribution < 1.29 is 14.7 Å². The minimum absolute atomic E-state index is 0.0220. The molecule has 5 nitrogen and oxygen atoms in total. The van der Waals surface area contributed by atoms with Gasteiger partial charge in [0.05, 0.1) is 6.42 Å². The molecular weight excluding hydrogens is 292 g/mol. The minimum Gasteiger partial charge on any atom is -0.477 e. The van der Waals surface area contributed by atoms with Crippen molar-refractivity contribution in [3.8, 4) is 0 Å². The Hall–Kier alpha value is -2.40. The molecule has 0 spiro atoms. The summed E-state index contributed by atoms with van der Waals surface area (Å²) in [6, 6.07) is 10.1. The zero-order valence-electron chi connectivity index (χ0n) is 11.0. The van der Waals surface area contributed by atoms with Gasteiger partial charge in [-0.25, -0.2) is 9.78 Å². The Bertz CT molecular complexity index is 639. The molecule has 1 aromatic carbocycles. The lowest BCUT2D eigenvalue weighted by Gasteiger charge is -2.05. The van der Waals surface area contributed by atoms with E-state index in [9.17, 15) is 9.59 Å². The lowest BCUT2D eigenvalue weighted by atomic mass is 10.1. The van der Waals surface area contributed by atoms with Crippen molar-refractivity contribution in [2.45, 2.75) is 13.0 Å². The molecule has 0 saturated heterocycles. The SMILES string of the molecule is O=C(Cc1ccc(Cl)cc1)NCc1ccc(C(=O)O)nc1. The van der Waals surface area contributed by atoms with Crippen LogP contribution in [0.5, 0.6) is 0 Å². The maximum absolute atomic E-state index is 11.8. The Morgan fingerprint density at radius 2 is 1.76 bits per heavy atom. The Balaban J connectivity index is 1.86. The van der Waals surface area contributed by atoms with Gasteiger partial charge in [-0.2, -0.15) is 0 Å². The number of halogens is 1. The van der Waals surface area contributed by atoms with Crippen LogP contribution in [-0.2, 0) is 17.8 Å². The van der Waals surface area contributed by atoms with Crippen LogP contribution in [0.3, 0.4) is 0 Å². The fourth-order valence-corrected chi connectivity index (χ4v) is 1.83. The van der Waals surface area contributed by atoms with E-state index in [1.165, 1.54) is 12.3 Å². The van der Waals surface area contributed by atoms with E-state index in [-0.39, 0.29) is 18.0 Å². The van der Waals surface area contributed by atoms with E-state index in [0.29, 0.717) is 11.6 Å². The van der Waals surface area contributed by atoms with Crippen molar-refractivity contribution >= 4 is 23.5 Å². The number of amides is 1. The summed E-state index contributed by atoms with van der Waals surface area (Å²) in [6.45, 7) is 0.305. The van der Waals surface area contributed by atoms with Gasteiger partial charge in [-0.3, -0.25) is 4.79 Å². The molecule has 1 aromatic heterocycles. The standard InChI is InChI=1S/C15H13ClN2O3/c16-12-4-1-10(2-5-12)7-14(19)18-9-11-3-6-13(15(20)21)17-8-11/h1-6,8H,7,9H2,(H,18,19)(H,20,21). The van der Waals surface area contributed by atoms with Gasteiger partial charge in [0, 0.05) is 17.8 Å². The molecule has 2 N–H and O–H groups in total. The molecule has 21 heavy (non-hydrogen) atoms. The maximum atomic E-state index is 11.8. The lowest BCUT2D eigenvalue weighted by molar-refractivity contribution is -0.120. The summed E-state index contributed by atoms with van der Waals surface area (Å²) in [4.78, 5) is 26.2. The summed E-state index contributed by atoms with van der Waals surface area (Å²) >= 11 is 5.78. The second kappa shape index (κ2) is 6.85. The van der Waals surface area contributed by atoms with Crippen molar-refractivity contribution in [1.82, 2.24) is 10.3 Å². The second-order valence-corrected chi connectivity index (χ2v) is 4.87. The number of aromatic nitrogens is 1. The highest BCUT2D eigenvalue weighted by atomic mass is 35.5. The number of carboxylic acids is 1.